The van der Waals surface area contributed by atoms with Gasteiger partial charge < -0.3 is 5.32 Å². The number of anilines is 1. The van der Waals surface area contributed by atoms with Crippen LogP contribution in [0.25, 0.3) is 0 Å². The average molecular weight is 348 g/mol. The van der Waals surface area contributed by atoms with Crippen LogP contribution in [0.15, 0.2) is 40.0 Å². The number of nitrogens with one attached hydrogen (secondary N) is 2. The molecule has 1 aromatic carbocycles. The third kappa shape index (κ3) is 2.73. The molecule has 0 bridgehead atoms. The Bertz CT molecular complexity index is 879. The van der Waals surface area contributed by atoms with Crippen molar-refractivity contribution in [3.63, 3.8) is 0 Å². The quantitative estimate of drug-likeness (QED) is 0.799. The van der Waals surface area contributed by atoms with Gasteiger partial charge in [0.05, 0.1) is 23.6 Å². The predicted molar refractivity (Wildman–Crippen MR) is 99.7 cm³/mol. The summed E-state index contributed by atoms with van der Waals surface area (Å²) >= 11 is 0. The van der Waals surface area contributed by atoms with Crippen molar-refractivity contribution >= 4 is 23.8 Å². The standard InChI is InChI=1S/C19H20N6O/c1-2-3-4-7-25-10-14-17(21-11-22-18(14)24-25)16-13-6-5-12(9-20)8-15(13)23-19(16)26/h5-6,8,10-11,16-17H,2-4,7H2,1H3,(H,23,26)(H,21,22,24). The molecule has 7 nitrogen and oxygen atoms in total. The van der Waals surface area contributed by atoms with Crippen molar-refractivity contribution in [3.05, 3.63) is 41.1 Å². The summed E-state index contributed by atoms with van der Waals surface area (Å²) in [5.41, 5.74) is 6.33. The van der Waals surface area contributed by atoms with Crippen molar-refractivity contribution in [2.24, 2.45) is 9.98 Å². The number of hydrazine groups is 1. The van der Waals surface area contributed by atoms with Gasteiger partial charge in [-0.2, -0.15) is 5.26 Å². The molecule has 132 valence electrons. The Morgan fingerprint density at radius 3 is 3.04 bits per heavy atom. The summed E-state index contributed by atoms with van der Waals surface area (Å²) < 4.78 is 0. The van der Waals surface area contributed by atoms with Gasteiger partial charge in [-0.1, -0.05) is 25.8 Å². The Morgan fingerprint density at radius 1 is 1.35 bits per heavy atom. The highest BCUT2D eigenvalue weighted by Gasteiger charge is 2.42. The number of carbonyl (C=O) groups is 1. The number of nitriles is 1. The maximum absolute atomic E-state index is 12.6. The lowest BCUT2D eigenvalue weighted by atomic mass is 9.87. The van der Waals surface area contributed by atoms with Crippen molar-refractivity contribution in [2.45, 2.75) is 38.1 Å². The minimum Gasteiger partial charge on any atom is -0.325 e. The van der Waals surface area contributed by atoms with E-state index in [9.17, 15) is 4.79 Å². The lowest BCUT2D eigenvalue weighted by Gasteiger charge is -2.21. The van der Waals surface area contributed by atoms with E-state index in [1.807, 2.05) is 17.3 Å². The molecule has 2 atom stereocenters. The number of amidine groups is 1. The van der Waals surface area contributed by atoms with E-state index in [1.54, 1.807) is 12.1 Å². The molecule has 0 saturated carbocycles. The molecule has 3 aliphatic rings. The zero-order chi connectivity index (χ0) is 18.1. The van der Waals surface area contributed by atoms with Gasteiger partial charge in [0.2, 0.25) is 5.91 Å². The monoisotopic (exact) mass is 348 g/mol. The van der Waals surface area contributed by atoms with E-state index in [0.29, 0.717) is 11.3 Å². The first-order valence-corrected chi connectivity index (χ1v) is 8.91. The molecule has 26 heavy (non-hydrogen) atoms. The molecular weight excluding hydrogens is 328 g/mol. The highest BCUT2D eigenvalue weighted by molar-refractivity contribution is 6.10. The molecule has 3 heterocycles. The fourth-order valence-corrected chi connectivity index (χ4v) is 3.61. The van der Waals surface area contributed by atoms with E-state index >= 15 is 0 Å². The van der Waals surface area contributed by atoms with Crippen LogP contribution in [0.5, 0.6) is 0 Å². The van der Waals surface area contributed by atoms with Crippen LogP contribution >= 0.6 is 0 Å². The molecule has 1 aromatic rings. The molecule has 0 spiro atoms. The Hall–Kier alpha value is -3.14. The van der Waals surface area contributed by atoms with E-state index in [-0.39, 0.29) is 11.9 Å². The van der Waals surface area contributed by atoms with Crippen LogP contribution in [0.4, 0.5) is 5.69 Å². The first-order valence-electron chi connectivity index (χ1n) is 8.91. The molecule has 1 amide bonds. The van der Waals surface area contributed by atoms with Crippen LogP contribution in [0.2, 0.25) is 0 Å². The van der Waals surface area contributed by atoms with Gasteiger partial charge in [-0.15, -0.1) is 0 Å². The topological polar surface area (TPSA) is 92.9 Å². The van der Waals surface area contributed by atoms with E-state index in [1.165, 1.54) is 19.2 Å². The van der Waals surface area contributed by atoms with Gasteiger partial charge >= 0.3 is 0 Å². The number of carbonyl (C=O) groups excluding carboxylic acids is 1. The lowest BCUT2D eigenvalue weighted by Crippen LogP contribution is -2.37. The number of aliphatic imine (C=N–C) groups is 2. The van der Waals surface area contributed by atoms with Crippen LogP contribution in [-0.4, -0.2) is 35.7 Å². The maximum Gasteiger partial charge on any atom is 0.234 e. The molecule has 7 heteroatoms. The molecule has 0 fully saturated rings. The number of nitrogens with zero attached hydrogens (tertiary/aromatic N) is 4. The number of amides is 1. The second-order valence-corrected chi connectivity index (χ2v) is 6.66. The predicted octanol–water partition coefficient (Wildman–Crippen LogP) is 2.30. The number of hydrogen-bond donors (Lipinski definition) is 2. The summed E-state index contributed by atoms with van der Waals surface area (Å²) in [4.78, 5) is 21.5. The van der Waals surface area contributed by atoms with Crippen molar-refractivity contribution in [3.8, 4) is 6.07 Å². The lowest BCUT2D eigenvalue weighted by molar-refractivity contribution is -0.117. The van der Waals surface area contributed by atoms with E-state index < -0.39 is 5.92 Å². The summed E-state index contributed by atoms with van der Waals surface area (Å²) in [6, 6.07) is 7.09. The molecule has 0 aromatic heterocycles. The largest absolute Gasteiger partial charge is 0.325 e. The highest BCUT2D eigenvalue weighted by atomic mass is 16.2. The third-order valence-electron chi connectivity index (χ3n) is 4.93. The van der Waals surface area contributed by atoms with Crippen molar-refractivity contribution in [1.29, 1.82) is 5.26 Å². The molecule has 2 unspecified atom stereocenters. The summed E-state index contributed by atoms with van der Waals surface area (Å²) in [7, 11) is 0. The summed E-state index contributed by atoms with van der Waals surface area (Å²) in [5, 5.41) is 14.0. The number of hydrogen-bond acceptors (Lipinski definition) is 6. The Balaban J connectivity index is 1.61. The van der Waals surface area contributed by atoms with Gasteiger partial charge in [0.15, 0.2) is 5.84 Å². The normalized spacial score (nSPS) is 22.8. The van der Waals surface area contributed by atoms with Crippen molar-refractivity contribution in [2.75, 3.05) is 11.9 Å². The fourth-order valence-electron chi connectivity index (χ4n) is 3.61. The highest BCUT2D eigenvalue weighted by Crippen LogP contribution is 2.40. The van der Waals surface area contributed by atoms with Crippen LogP contribution < -0.4 is 10.7 Å². The molecular formula is C19H20N6O. The van der Waals surface area contributed by atoms with Gasteiger partial charge in [0.1, 0.15) is 6.34 Å². The van der Waals surface area contributed by atoms with Gasteiger partial charge in [0, 0.05) is 24.0 Å². The maximum atomic E-state index is 12.6. The van der Waals surface area contributed by atoms with Gasteiger partial charge in [-0.3, -0.25) is 20.2 Å². The second-order valence-electron chi connectivity index (χ2n) is 6.66. The zero-order valence-electron chi connectivity index (χ0n) is 14.6. The minimum atomic E-state index is -0.414. The molecule has 0 saturated heterocycles. The Labute approximate surface area is 152 Å². The Kier molecular flexibility index (Phi) is 4.17. The SMILES string of the molecule is CCCCCN1C=C2C(=NC=NC2C2C(=O)Nc3cc(C#N)ccc32)N1. The number of unbranched alkanes of at least 4 members (excludes halogenated alkanes) is 2. The van der Waals surface area contributed by atoms with Crippen LogP contribution in [0.3, 0.4) is 0 Å². The fraction of sp³-hybridized carbons (Fsp3) is 0.368. The molecule has 4 rings (SSSR count). The van der Waals surface area contributed by atoms with Gasteiger partial charge in [0.25, 0.3) is 0 Å². The van der Waals surface area contributed by atoms with Gasteiger partial charge in [-0.05, 0) is 24.1 Å². The summed E-state index contributed by atoms with van der Waals surface area (Å²) in [5.74, 6) is 0.253. The van der Waals surface area contributed by atoms with E-state index in [2.05, 4.69) is 33.7 Å². The average Bonchev–Trinajstić information content (AvgIpc) is 3.20. The van der Waals surface area contributed by atoms with Crippen LogP contribution in [0, 0.1) is 11.3 Å². The van der Waals surface area contributed by atoms with Crippen molar-refractivity contribution in [1.82, 2.24) is 10.4 Å². The third-order valence-corrected chi connectivity index (χ3v) is 4.93. The number of rotatable bonds is 5. The first-order chi connectivity index (χ1) is 12.7. The van der Waals surface area contributed by atoms with E-state index in [0.717, 1.165) is 29.9 Å². The van der Waals surface area contributed by atoms with Crippen molar-refractivity contribution < 1.29 is 4.79 Å². The first kappa shape index (κ1) is 16.3. The minimum absolute atomic E-state index is 0.0937. The smallest absolute Gasteiger partial charge is 0.234 e. The Morgan fingerprint density at radius 2 is 2.23 bits per heavy atom. The summed E-state index contributed by atoms with van der Waals surface area (Å²) in [6.07, 6.45) is 6.98. The zero-order valence-corrected chi connectivity index (χ0v) is 14.6. The molecule has 0 aliphatic carbocycles. The van der Waals surface area contributed by atoms with Gasteiger partial charge in [-0.25, -0.2) is 4.99 Å². The summed E-state index contributed by atoms with van der Waals surface area (Å²) in [6.45, 7) is 3.07. The second kappa shape index (κ2) is 6.64. The van der Waals surface area contributed by atoms with Crippen LogP contribution in [-0.2, 0) is 4.79 Å². The molecule has 0 radical (unpaired) electrons. The molecule has 3 aliphatic heterocycles. The van der Waals surface area contributed by atoms with E-state index in [4.69, 9.17) is 5.26 Å². The number of benzene rings is 1. The molecule has 2 N–H and O–H groups in total. The van der Waals surface area contributed by atoms with Crippen LogP contribution in [0.1, 0.15) is 43.2 Å². The number of fused-ring (bicyclic) bond motifs is 2.